The minimum atomic E-state index is 0.0329. The molecule has 1 amide bonds. The summed E-state index contributed by atoms with van der Waals surface area (Å²) in [4.78, 5) is 14.5. The van der Waals surface area contributed by atoms with E-state index < -0.39 is 0 Å². The lowest BCUT2D eigenvalue weighted by molar-refractivity contribution is -0.124. The van der Waals surface area contributed by atoms with Gasteiger partial charge >= 0.3 is 0 Å². The molecule has 4 heteroatoms. The van der Waals surface area contributed by atoms with Crippen LogP contribution in [0.3, 0.4) is 0 Å². The summed E-state index contributed by atoms with van der Waals surface area (Å²) >= 11 is 0. The van der Waals surface area contributed by atoms with E-state index in [2.05, 4.69) is 22.5 Å². The zero-order chi connectivity index (χ0) is 12.8. The highest BCUT2D eigenvalue weighted by atomic mass is 16.2. The molecular formula is C14H27N3O. The van der Waals surface area contributed by atoms with Gasteiger partial charge in [0.1, 0.15) is 0 Å². The Morgan fingerprint density at radius 3 is 2.83 bits per heavy atom. The molecule has 2 saturated heterocycles. The van der Waals surface area contributed by atoms with Crippen molar-refractivity contribution in [2.45, 2.75) is 45.1 Å². The molecule has 2 aliphatic heterocycles. The van der Waals surface area contributed by atoms with Crippen LogP contribution in [0.4, 0.5) is 0 Å². The third-order valence-electron chi connectivity index (χ3n) is 4.20. The maximum Gasteiger partial charge on any atom is 0.237 e. The highest BCUT2D eigenvalue weighted by molar-refractivity contribution is 5.82. The molecule has 0 saturated carbocycles. The second-order valence-corrected chi connectivity index (χ2v) is 5.74. The van der Waals surface area contributed by atoms with Gasteiger partial charge in [-0.1, -0.05) is 6.92 Å². The van der Waals surface area contributed by atoms with Crippen LogP contribution < -0.4 is 10.6 Å². The number of amides is 1. The van der Waals surface area contributed by atoms with Gasteiger partial charge in [0.05, 0.1) is 6.04 Å². The van der Waals surface area contributed by atoms with Crippen molar-refractivity contribution in [3.63, 3.8) is 0 Å². The predicted molar refractivity (Wildman–Crippen MR) is 73.5 cm³/mol. The van der Waals surface area contributed by atoms with Crippen LogP contribution in [-0.4, -0.2) is 49.6 Å². The molecule has 0 radical (unpaired) electrons. The molecule has 4 nitrogen and oxygen atoms in total. The SMILES string of the molecule is CC1CCCNC1C(=O)NCCCN1CCCC1. The maximum atomic E-state index is 12.0. The van der Waals surface area contributed by atoms with E-state index in [1.54, 1.807) is 0 Å². The van der Waals surface area contributed by atoms with Gasteiger partial charge in [0.25, 0.3) is 0 Å². The van der Waals surface area contributed by atoms with Gasteiger partial charge in [0.2, 0.25) is 5.91 Å². The third kappa shape index (κ3) is 3.95. The van der Waals surface area contributed by atoms with Gasteiger partial charge in [-0.15, -0.1) is 0 Å². The fourth-order valence-corrected chi connectivity index (χ4v) is 3.03. The molecule has 2 aliphatic rings. The Balaban J connectivity index is 1.58. The van der Waals surface area contributed by atoms with Crippen molar-refractivity contribution in [1.29, 1.82) is 0 Å². The summed E-state index contributed by atoms with van der Waals surface area (Å²) in [5.41, 5.74) is 0. The van der Waals surface area contributed by atoms with Crippen molar-refractivity contribution < 1.29 is 4.79 Å². The first-order chi connectivity index (χ1) is 8.77. The number of nitrogens with zero attached hydrogens (tertiary/aromatic N) is 1. The predicted octanol–water partition coefficient (Wildman–Crippen LogP) is 0.977. The summed E-state index contributed by atoms with van der Waals surface area (Å²) in [6.45, 7) is 7.59. The Morgan fingerprint density at radius 1 is 1.33 bits per heavy atom. The van der Waals surface area contributed by atoms with E-state index in [1.807, 2.05) is 0 Å². The van der Waals surface area contributed by atoms with Crippen molar-refractivity contribution in [2.24, 2.45) is 5.92 Å². The molecule has 0 aromatic rings. The molecule has 104 valence electrons. The zero-order valence-electron chi connectivity index (χ0n) is 11.6. The van der Waals surface area contributed by atoms with Crippen molar-refractivity contribution in [2.75, 3.05) is 32.7 Å². The highest BCUT2D eigenvalue weighted by Crippen LogP contribution is 2.15. The monoisotopic (exact) mass is 253 g/mol. The van der Waals surface area contributed by atoms with Gasteiger partial charge < -0.3 is 15.5 Å². The van der Waals surface area contributed by atoms with Crippen LogP contribution in [0.25, 0.3) is 0 Å². The van der Waals surface area contributed by atoms with E-state index in [4.69, 9.17) is 0 Å². The average Bonchev–Trinajstić information content (AvgIpc) is 2.88. The van der Waals surface area contributed by atoms with E-state index in [9.17, 15) is 4.79 Å². The minimum Gasteiger partial charge on any atom is -0.355 e. The molecule has 0 aliphatic carbocycles. The number of piperidine rings is 1. The Labute approximate surface area is 110 Å². The molecule has 0 aromatic heterocycles. The van der Waals surface area contributed by atoms with E-state index in [1.165, 1.54) is 38.8 Å². The number of likely N-dealkylation sites (tertiary alicyclic amines) is 1. The second-order valence-electron chi connectivity index (χ2n) is 5.74. The first kappa shape index (κ1) is 13.8. The average molecular weight is 253 g/mol. The fraction of sp³-hybridized carbons (Fsp3) is 0.929. The molecule has 2 atom stereocenters. The maximum absolute atomic E-state index is 12.0. The number of hydrogen-bond acceptors (Lipinski definition) is 3. The lowest BCUT2D eigenvalue weighted by Gasteiger charge is -2.29. The van der Waals surface area contributed by atoms with Gasteiger partial charge in [0.15, 0.2) is 0 Å². The van der Waals surface area contributed by atoms with E-state index in [0.29, 0.717) is 5.92 Å². The molecule has 0 bridgehead atoms. The van der Waals surface area contributed by atoms with Crippen molar-refractivity contribution >= 4 is 5.91 Å². The van der Waals surface area contributed by atoms with Crippen LogP contribution in [0.2, 0.25) is 0 Å². The highest BCUT2D eigenvalue weighted by Gasteiger charge is 2.26. The molecule has 2 rings (SSSR count). The van der Waals surface area contributed by atoms with Crippen LogP contribution in [0, 0.1) is 5.92 Å². The Bertz CT molecular complexity index is 264. The van der Waals surface area contributed by atoms with E-state index >= 15 is 0 Å². The normalized spacial score (nSPS) is 29.4. The summed E-state index contributed by atoms with van der Waals surface area (Å²) in [5, 5.41) is 6.41. The summed E-state index contributed by atoms with van der Waals surface area (Å²) in [7, 11) is 0. The summed E-state index contributed by atoms with van der Waals surface area (Å²) in [5.74, 6) is 0.668. The van der Waals surface area contributed by atoms with Crippen LogP contribution >= 0.6 is 0 Å². The lowest BCUT2D eigenvalue weighted by Crippen LogP contribution is -2.51. The molecule has 18 heavy (non-hydrogen) atoms. The van der Waals surface area contributed by atoms with Gasteiger partial charge in [-0.2, -0.15) is 0 Å². The number of carbonyl (C=O) groups is 1. The van der Waals surface area contributed by atoms with Gasteiger partial charge in [-0.25, -0.2) is 0 Å². The summed E-state index contributed by atoms with van der Waals surface area (Å²) < 4.78 is 0. The van der Waals surface area contributed by atoms with Gasteiger partial charge in [-0.3, -0.25) is 4.79 Å². The zero-order valence-corrected chi connectivity index (χ0v) is 11.6. The number of hydrogen-bond donors (Lipinski definition) is 2. The molecule has 2 N–H and O–H groups in total. The quantitative estimate of drug-likeness (QED) is 0.718. The lowest BCUT2D eigenvalue weighted by atomic mass is 9.92. The first-order valence-electron chi connectivity index (χ1n) is 7.51. The Kier molecular flexibility index (Phi) is 5.45. The molecule has 2 heterocycles. The van der Waals surface area contributed by atoms with E-state index in [-0.39, 0.29) is 11.9 Å². The molecule has 0 spiro atoms. The molecular weight excluding hydrogens is 226 g/mol. The summed E-state index contributed by atoms with van der Waals surface area (Å²) in [6, 6.07) is 0.0329. The van der Waals surface area contributed by atoms with Crippen LogP contribution in [0.5, 0.6) is 0 Å². The Morgan fingerprint density at radius 2 is 2.11 bits per heavy atom. The third-order valence-corrected chi connectivity index (χ3v) is 4.20. The van der Waals surface area contributed by atoms with Gasteiger partial charge in [0, 0.05) is 6.54 Å². The molecule has 0 aromatic carbocycles. The smallest absolute Gasteiger partial charge is 0.237 e. The Hall–Kier alpha value is -0.610. The second kappa shape index (κ2) is 7.10. The number of nitrogens with one attached hydrogen (secondary N) is 2. The van der Waals surface area contributed by atoms with E-state index in [0.717, 1.165) is 26.1 Å². The van der Waals surface area contributed by atoms with Crippen LogP contribution in [0.15, 0.2) is 0 Å². The fourth-order valence-electron chi connectivity index (χ4n) is 3.03. The van der Waals surface area contributed by atoms with Crippen LogP contribution in [0.1, 0.15) is 39.0 Å². The van der Waals surface area contributed by atoms with Crippen LogP contribution in [-0.2, 0) is 4.79 Å². The van der Waals surface area contributed by atoms with Crippen molar-refractivity contribution in [3.05, 3.63) is 0 Å². The number of rotatable bonds is 5. The topological polar surface area (TPSA) is 44.4 Å². The first-order valence-corrected chi connectivity index (χ1v) is 7.51. The molecule has 2 unspecified atom stereocenters. The van der Waals surface area contributed by atoms with Crippen molar-refractivity contribution in [1.82, 2.24) is 15.5 Å². The number of carbonyl (C=O) groups excluding carboxylic acids is 1. The van der Waals surface area contributed by atoms with Crippen molar-refractivity contribution in [3.8, 4) is 0 Å². The standard InChI is InChI=1S/C14H27N3O/c1-12-6-4-7-15-13(12)14(18)16-8-5-11-17-9-2-3-10-17/h12-13,15H,2-11H2,1H3,(H,16,18). The largest absolute Gasteiger partial charge is 0.355 e. The minimum absolute atomic E-state index is 0.0329. The summed E-state index contributed by atoms with van der Waals surface area (Å²) in [6.07, 6.45) is 6.12. The van der Waals surface area contributed by atoms with Gasteiger partial charge in [-0.05, 0) is 64.2 Å². The molecule has 2 fully saturated rings.